The standard InChI is InChI=1S/C27H31N3OS/c1-4-5-6-20-7-13-23(14-8-20)29-17-30-26(31)15-24(25(16-28)27(30)32-18-29)22-11-9-21(10-12-22)19(2)3/h7-14,19,24H,4-6,15,17-18H2,1-3H3. The molecule has 4 rings (SSSR count). The van der Waals surface area contributed by atoms with Crippen LogP contribution in [-0.4, -0.2) is 23.4 Å². The van der Waals surface area contributed by atoms with Gasteiger partial charge >= 0.3 is 0 Å². The molecule has 1 atom stereocenters. The first kappa shape index (κ1) is 22.5. The monoisotopic (exact) mass is 445 g/mol. The third-order valence-electron chi connectivity index (χ3n) is 6.42. The molecule has 0 radical (unpaired) electrons. The number of hydrogen-bond acceptors (Lipinski definition) is 4. The lowest BCUT2D eigenvalue weighted by molar-refractivity contribution is -0.129. The molecule has 1 fully saturated rings. The maximum absolute atomic E-state index is 13.1. The Kier molecular flexibility index (Phi) is 6.91. The van der Waals surface area contributed by atoms with Crippen molar-refractivity contribution in [3.05, 3.63) is 75.8 Å². The fraction of sp³-hybridized carbons (Fsp3) is 0.407. The van der Waals surface area contributed by atoms with E-state index in [9.17, 15) is 10.1 Å². The van der Waals surface area contributed by atoms with Gasteiger partial charge in [0.1, 0.15) is 0 Å². The molecular formula is C27H31N3OS. The van der Waals surface area contributed by atoms with E-state index in [0.717, 1.165) is 34.2 Å². The van der Waals surface area contributed by atoms with Crippen LogP contribution in [0.2, 0.25) is 0 Å². The topological polar surface area (TPSA) is 47.3 Å². The van der Waals surface area contributed by atoms with Gasteiger partial charge in [0.25, 0.3) is 0 Å². The van der Waals surface area contributed by atoms with Crippen LogP contribution in [0.5, 0.6) is 0 Å². The van der Waals surface area contributed by atoms with Crippen LogP contribution in [0.25, 0.3) is 0 Å². The molecule has 4 nitrogen and oxygen atoms in total. The average Bonchev–Trinajstić information content (AvgIpc) is 2.83. The lowest BCUT2D eigenvalue weighted by Crippen LogP contribution is -2.47. The quantitative estimate of drug-likeness (QED) is 0.518. The molecule has 1 unspecified atom stereocenters. The maximum atomic E-state index is 13.1. The summed E-state index contributed by atoms with van der Waals surface area (Å²) < 4.78 is 0. The molecule has 2 aromatic carbocycles. The molecule has 2 aromatic rings. The molecular weight excluding hydrogens is 414 g/mol. The summed E-state index contributed by atoms with van der Waals surface area (Å²) in [5, 5.41) is 10.8. The highest BCUT2D eigenvalue weighted by Gasteiger charge is 2.38. The van der Waals surface area contributed by atoms with E-state index < -0.39 is 0 Å². The Morgan fingerprint density at radius 1 is 1.12 bits per heavy atom. The molecule has 0 bridgehead atoms. The Balaban J connectivity index is 1.55. The average molecular weight is 446 g/mol. The van der Waals surface area contributed by atoms with Crippen molar-refractivity contribution in [3.8, 4) is 6.07 Å². The van der Waals surface area contributed by atoms with E-state index in [2.05, 4.69) is 80.3 Å². The van der Waals surface area contributed by atoms with Gasteiger partial charge in [0.2, 0.25) is 5.91 Å². The zero-order chi connectivity index (χ0) is 22.7. The van der Waals surface area contributed by atoms with Gasteiger partial charge in [-0.25, -0.2) is 0 Å². The van der Waals surface area contributed by atoms with Crippen molar-refractivity contribution in [3.63, 3.8) is 0 Å². The number of amides is 1. The van der Waals surface area contributed by atoms with Crippen molar-refractivity contribution in [2.75, 3.05) is 17.4 Å². The van der Waals surface area contributed by atoms with E-state index in [4.69, 9.17) is 0 Å². The molecule has 5 heteroatoms. The number of benzene rings is 2. The second-order valence-corrected chi connectivity index (χ2v) is 9.89. The number of allylic oxidation sites excluding steroid dienone is 1. The van der Waals surface area contributed by atoms with Gasteiger partial charge in [0, 0.05) is 18.0 Å². The second kappa shape index (κ2) is 9.83. The Labute approximate surface area is 195 Å². The van der Waals surface area contributed by atoms with Crippen LogP contribution in [0.4, 0.5) is 5.69 Å². The van der Waals surface area contributed by atoms with Crippen LogP contribution in [0.1, 0.15) is 68.6 Å². The lowest BCUT2D eigenvalue weighted by atomic mass is 9.85. The molecule has 2 heterocycles. The highest BCUT2D eigenvalue weighted by Crippen LogP contribution is 2.43. The SMILES string of the molecule is CCCCc1ccc(N2CSC3=C(C#N)C(c4ccc(C(C)C)cc4)CC(=O)N3C2)cc1. The van der Waals surface area contributed by atoms with Crippen LogP contribution in [0, 0.1) is 11.3 Å². The Hall–Kier alpha value is -2.71. The van der Waals surface area contributed by atoms with Crippen molar-refractivity contribution in [1.82, 2.24) is 4.90 Å². The Morgan fingerprint density at radius 2 is 1.84 bits per heavy atom. The highest BCUT2D eigenvalue weighted by molar-refractivity contribution is 8.03. The number of rotatable bonds is 6. The zero-order valence-electron chi connectivity index (χ0n) is 19.2. The summed E-state index contributed by atoms with van der Waals surface area (Å²) >= 11 is 1.60. The lowest BCUT2D eigenvalue weighted by Gasteiger charge is -2.42. The maximum Gasteiger partial charge on any atom is 0.229 e. The first-order chi connectivity index (χ1) is 15.5. The summed E-state index contributed by atoms with van der Waals surface area (Å²) in [6, 6.07) is 19.5. The number of nitriles is 1. The molecule has 0 spiro atoms. The number of aryl methyl sites for hydroxylation is 1. The van der Waals surface area contributed by atoms with Crippen LogP contribution in [-0.2, 0) is 11.2 Å². The van der Waals surface area contributed by atoms with Gasteiger partial charge in [-0.05, 0) is 47.6 Å². The summed E-state index contributed by atoms with van der Waals surface area (Å²) in [4.78, 5) is 17.2. The van der Waals surface area contributed by atoms with Gasteiger partial charge in [0.15, 0.2) is 0 Å². The van der Waals surface area contributed by atoms with E-state index in [-0.39, 0.29) is 11.8 Å². The first-order valence-electron chi connectivity index (χ1n) is 11.5. The van der Waals surface area contributed by atoms with Crippen molar-refractivity contribution in [1.29, 1.82) is 5.26 Å². The Morgan fingerprint density at radius 3 is 2.47 bits per heavy atom. The first-order valence-corrected chi connectivity index (χ1v) is 12.5. The number of carbonyl (C=O) groups excluding carboxylic acids is 1. The van der Waals surface area contributed by atoms with E-state index >= 15 is 0 Å². The van der Waals surface area contributed by atoms with Crippen molar-refractivity contribution in [2.24, 2.45) is 0 Å². The van der Waals surface area contributed by atoms with Gasteiger partial charge in [-0.1, -0.05) is 75.4 Å². The van der Waals surface area contributed by atoms with Gasteiger partial charge in [-0.15, -0.1) is 0 Å². The van der Waals surface area contributed by atoms with Gasteiger partial charge in [-0.2, -0.15) is 5.26 Å². The van der Waals surface area contributed by atoms with E-state index in [0.29, 0.717) is 19.0 Å². The Bertz CT molecular complexity index is 1030. The summed E-state index contributed by atoms with van der Waals surface area (Å²) in [6.07, 6.45) is 3.85. The molecule has 0 aliphatic carbocycles. The van der Waals surface area contributed by atoms with Gasteiger partial charge in [-0.3, -0.25) is 9.69 Å². The zero-order valence-corrected chi connectivity index (χ0v) is 20.0. The molecule has 2 aliphatic rings. The van der Waals surface area contributed by atoms with Gasteiger partial charge in [0.05, 0.1) is 29.2 Å². The molecule has 2 aliphatic heterocycles. The minimum atomic E-state index is -0.156. The summed E-state index contributed by atoms with van der Waals surface area (Å²) in [5.74, 6) is 1.13. The number of carbonyl (C=O) groups is 1. The van der Waals surface area contributed by atoms with E-state index in [1.54, 1.807) is 16.7 Å². The summed E-state index contributed by atoms with van der Waals surface area (Å²) in [7, 11) is 0. The summed E-state index contributed by atoms with van der Waals surface area (Å²) in [6.45, 7) is 7.05. The predicted molar refractivity (Wildman–Crippen MR) is 132 cm³/mol. The van der Waals surface area contributed by atoms with Crippen LogP contribution >= 0.6 is 11.8 Å². The van der Waals surface area contributed by atoms with Crippen molar-refractivity contribution in [2.45, 2.75) is 58.3 Å². The van der Waals surface area contributed by atoms with Crippen molar-refractivity contribution >= 4 is 23.4 Å². The predicted octanol–water partition coefficient (Wildman–Crippen LogP) is 6.37. The summed E-state index contributed by atoms with van der Waals surface area (Å²) in [5.41, 5.74) is 5.52. The number of hydrogen-bond donors (Lipinski definition) is 0. The van der Waals surface area contributed by atoms with Gasteiger partial charge < -0.3 is 4.90 Å². The molecule has 166 valence electrons. The fourth-order valence-electron chi connectivity index (χ4n) is 4.38. The number of anilines is 1. The van der Waals surface area contributed by atoms with Crippen LogP contribution < -0.4 is 4.90 Å². The van der Waals surface area contributed by atoms with E-state index in [1.807, 2.05) is 0 Å². The fourth-order valence-corrected chi connectivity index (χ4v) is 5.55. The van der Waals surface area contributed by atoms with Crippen LogP contribution in [0.15, 0.2) is 59.1 Å². The number of nitrogens with zero attached hydrogens (tertiary/aromatic N) is 3. The minimum absolute atomic E-state index is 0.0914. The molecule has 32 heavy (non-hydrogen) atoms. The smallest absolute Gasteiger partial charge is 0.229 e. The molecule has 0 N–H and O–H groups in total. The third-order valence-corrected chi connectivity index (χ3v) is 7.57. The number of thioether (sulfide) groups is 1. The van der Waals surface area contributed by atoms with Crippen LogP contribution in [0.3, 0.4) is 0 Å². The second-order valence-electron chi connectivity index (χ2n) is 8.96. The highest BCUT2D eigenvalue weighted by atomic mass is 32.2. The van der Waals surface area contributed by atoms with E-state index in [1.165, 1.54) is 24.0 Å². The van der Waals surface area contributed by atoms with Crippen molar-refractivity contribution < 1.29 is 4.79 Å². The largest absolute Gasteiger partial charge is 0.344 e. The number of unbranched alkanes of at least 4 members (excludes halogenated alkanes) is 1. The molecule has 0 aromatic heterocycles. The minimum Gasteiger partial charge on any atom is -0.344 e. The number of fused-ring (bicyclic) bond motifs is 1. The molecule has 1 amide bonds. The third kappa shape index (κ3) is 4.56. The normalized spacial score (nSPS) is 18.7. The molecule has 1 saturated heterocycles. The molecule has 0 saturated carbocycles.